The number of rotatable bonds is 28. The predicted octanol–water partition coefficient (Wildman–Crippen LogP) is 12.2. The highest BCUT2D eigenvalue weighted by Crippen LogP contribution is 2.34. The Bertz CT molecular complexity index is 1310. The summed E-state index contributed by atoms with van der Waals surface area (Å²) < 4.78 is 22.5. The fourth-order valence-electron chi connectivity index (χ4n) is 6.96. The molecule has 2 aromatic rings. The second-order valence-corrected chi connectivity index (χ2v) is 14.7. The molecule has 0 aromatic heterocycles. The van der Waals surface area contributed by atoms with Gasteiger partial charge in [-0.1, -0.05) is 134 Å². The lowest BCUT2D eigenvalue weighted by Crippen LogP contribution is -2.21. The Labute approximate surface area is 321 Å². The fraction of sp³-hybridized carbons (Fsp3) is 0.617. The molecule has 53 heavy (non-hydrogen) atoms. The van der Waals surface area contributed by atoms with Crippen LogP contribution in [0.15, 0.2) is 61.2 Å². The first kappa shape index (κ1) is 43.8. The Morgan fingerprint density at radius 3 is 1.72 bits per heavy atom. The zero-order valence-electron chi connectivity index (χ0n) is 32.9. The SMILES string of the molecule is C=CC(=O)OCCCCCCCCCCCOC1CCC(c2ccc(C#CC(=O)Oc3ccc(OCCCCCCCCCCCC)cc3)cc2)CC1. The van der Waals surface area contributed by atoms with E-state index in [0.29, 0.717) is 31.0 Å². The molecule has 292 valence electrons. The minimum Gasteiger partial charge on any atom is -0.494 e. The Morgan fingerprint density at radius 2 is 1.15 bits per heavy atom. The van der Waals surface area contributed by atoms with Gasteiger partial charge in [0.2, 0.25) is 0 Å². The molecule has 1 saturated carbocycles. The van der Waals surface area contributed by atoms with Crippen LogP contribution in [0.25, 0.3) is 0 Å². The van der Waals surface area contributed by atoms with Gasteiger partial charge in [0.15, 0.2) is 0 Å². The van der Waals surface area contributed by atoms with Crippen LogP contribution in [0, 0.1) is 11.8 Å². The van der Waals surface area contributed by atoms with E-state index < -0.39 is 5.97 Å². The van der Waals surface area contributed by atoms with Gasteiger partial charge in [0, 0.05) is 24.2 Å². The van der Waals surface area contributed by atoms with E-state index in [1.165, 1.54) is 108 Å². The number of hydrogen-bond donors (Lipinski definition) is 0. The fourth-order valence-corrected chi connectivity index (χ4v) is 6.96. The molecule has 0 bridgehead atoms. The van der Waals surface area contributed by atoms with Crippen molar-refractivity contribution in [1.29, 1.82) is 0 Å². The monoisotopic (exact) mass is 729 g/mol. The highest BCUT2D eigenvalue weighted by molar-refractivity contribution is 5.90. The van der Waals surface area contributed by atoms with Gasteiger partial charge in [0.05, 0.1) is 19.3 Å². The molecule has 0 aliphatic heterocycles. The molecule has 6 nitrogen and oxygen atoms in total. The van der Waals surface area contributed by atoms with Gasteiger partial charge < -0.3 is 18.9 Å². The third kappa shape index (κ3) is 21.1. The smallest absolute Gasteiger partial charge is 0.390 e. The topological polar surface area (TPSA) is 71.1 Å². The van der Waals surface area contributed by atoms with Crippen molar-refractivity contribution >= 4 is 11.9 Å². The highest BCUT2D eigenvalue weighted by atomic mass is 16.5. The van der Waals surface area contributed by atoms with E-state index in [1.54, 1.807) is 12.1 Å². The lowest BCUT2D eigenvalue weighted by Gasteiger charge is -2.29. The van der Waals surface area contributed by atoms with Gasteiger partial charge >= 0.3 is 11.9 Å². The number of unbranched alkanes of at least 4 members (excludes halogenated alkanes) is 17. The van der Waals surface area contributed by atoms with E-state index in [-0.39, 0.29) is 5.97 Å². The van der Waals surface area contributed by atoms with E-state index in [4.69, 9.17) is 18.9 Å². The van der Waals surface area contributed by atoms with Gasteiger partial charge in [-0.15, -0.1) is 0 Å². The first-order valence-electron chi connectivity index (χ1n) is 21.0. The van der Waals surface area contributed by atoms with Gasteiger partial charge in [0.25, 0.3) is 0 Å². The molecule has 3 rings (SSSR count). The molecule has 1 fully saturated rings. The molecule has 0 amide bonds. The summed E-state index contributed by atoms with van der Waals surface area (Å²) in [5.74, 6) is 6.48. The van der Waals surface area contributed by atoms with E-state index in [2.05, 4.69) is 37.5 Å². The van der Waals surface area contributed by atoms with Crippen LogP contribution in [-0.4, -0.2) is 37.9 Å². The van der Waals surface area contributed by atoms with Crippen molar-refractivity contribution in [2.75, 3.05) is 19.8 Å². The quantitative estimate of drug-likeness (QED) is 0.0286. The third-order valence-corrected chi connectivity index (χ3v) is 10.2. The summed E-state index contributed by atoms with van der Waals surface area (Å²) in [7, 11) is 0. The van der Waals surface area contributed by atoms with E-state index >= 15 is 0 Å². The molecule has 0 heterocycles. The van der Waals surface area contributed by atoms with Crippen LogP contribution in [0.5, 0.6) is 11.5 Å². The number of benzene rings is 2. The predicted molar refractivity (Wildman–Crippen MR) is 216 cm³/mol. The molecule has 0 N–H and O–H groups in total. The van der Waals surface area contributed by atoms with E-state index in [0.717, 1.165) is 69.3 Å². The van der Waals surface area contributed by atoms with Crippen molar-refractivity contribution in [3.05, 3.63) is 72.3 Å². The largest absolute Gasteiger partial charge is 0.494 e. The maximum atomic E-state index is 12.4. The van der Waals surface area contributed by atoms with Gasteiger partial charge in [-0.3, -0.25) is 0 Å². The second-order valence-electron chi connectivity index (χ2n) is 14.7. The van der Waals surface area contributed by atoms with Crippen molar-refractivity contribution in [2.24, 2.45) is 0 Å². The van der Waals surface area contributed by atoms with E-state index in [9.17, 15) is 9.59 Å². The molecule has 6 heteroatoms. The molecule has 0 unspecified atom stereocenters. The summed E-state index contributed by atoms with van der Waals surface area (Å²) in [5.41, 5.74) is 2.14. The van der Waals surface area contributed by atoms with Crippen LogP contribution in [0.3, 0.4) is 0 Å². The second kappa shape index (κ2) is 28.9. The summed E-state index contributed by atoms with van der Waals surface area (Å²) in [6, 6.07) is 15.5. The average molecular weight is 729 g/mol. The minimum atomic E-state index is -0.569. The van der Waals surface area contributed by atoms with Gasteiger partial charge in [-0.05, 0) is 92.8 Å². The molecule has 0 radical (unpaired) electrons. The Morgan fingerprint density at radius 1 is 0.642 bits per heavy atom. The van der Waals surface area contributed by atoms with Crippen LogP contribution in [0.2, 0.25) is 0 Å². The van der Waals surface area contributed by atoms with Gasteiger partial charge in [-0.25, -0.2) is 9.59 Å². The van der Waals surface area contributed by atoms with Crippen molar-refractivity contribution in [2.45, 2.75) is 167 Å². The maximum absolute atomic E-state index is 12.4. The lowest BCUT2D eigenvalue weighted by atomic mass is 9.82. The van der Waals surface area contributed by atoms with Crippen LogP contribution >= 0.6 is 0 Å². The van der Waals surface area contributed by atoms with Crippen LogP contribution in [0.1, 0.15) is 172 Å². The number of carbonyl (C=O) groups excluding carboxylic acids is 2. The van der Waals surface area contributed by atoms with Crippen LogP contribution < -0.4 is 9.47 Å². The molecule has 0 saturated heterocycles. The Balaban J connectivity index is 1.19. The van der Waals surface area contributed by atoms with Gasteiger partial charge in [0.1, 0.15) is 11.5 Å². The molecule has 0 spiro atoms. The normalized spacial score (nSPS) is 15.3. The zero-order valence-corrected chi connectivity index (χ0v) is 32.9. The first-order chi connectivity index (χ1) is 26.1. The average Bonchev–Trinajstić information content (AvgIpc) is 3.19. The molecule has 2 aromatic carbocycles. The number of carbonyl (C=O) groups is 2. The van der Waals surface area contributed by atoms with E-state index in [1.807, 2.05) is 24.3 Å². The summed E-state index contributed by atoms with van der Waals surface area (Å²) in [4.78, 5) is 23.4. The number of ether oxygens (including phenoxy) is 4. The summed E-state index contributed by atoms with van der Waals surface area (Å²) in [6.45, 7) is 7.75. The summed E-state index contributed by atoms with van der Waals surface area (Å²) in [5, 5.41) is 0. The molecule has 0 atom stereocenters. The lowest BCUT2D eigenvalue weighted by molar-refractivity contribution is -0.137. The van der Waals surface area contributed by atoms with Crippen molar-refractivity contribution in [1.82, 2.24) is 0 Å². The molecular weight excluding hydrogens is 661 g/mol. The standard InChI is InChI=1S/C47H68O6/c1-3-5-6-7-8-9-11-14-18-21-38-51-44-32-34-45(35-33-44)53-47(49)36-25-40-23-26-41(27-24-40)42-28-30-43(31-29-42)50-37-20-17-15-12-10-13-16-19-22-39-52-46(48)4-2/h4,23-24,26-27,32-35,42-43H,2-3,5-22,28-31,37-39H2,1H3. The Kier molecular flexibility index (Phi) is 23.9. The molecule has 1 aliphatic rings. The van der Waals surface area contributed by atoms with Crippen LogP contribution in [0.4, 0.5) is 0 Å². The maximum Gasteiger partial charge on any atom is 0.390 e. The number of esters is 2. The van der Waals surface area contributed by atoms with Crippen molar-refractivity contribution in [3.63, 3.8) is 0 Å². The zero-order chi connectivity index (χ0) is 37.6. The van der Waals surface area contributed by atoms with Crippen LogP contribution in [-0.2, 0) is 19.1 Å². The third-order valence-electron chi connectivity index (χ3n) is 10.2. The van der Waals surface area contributed by atoms with Crippen molar-refractivity contribution in [3.8, 4) is 23.3 Å². The number of hydrogen-bond acceptors (Lipinski definition) is 6. The molecule has 1 aliphatic carbocycles. The van der Waals surface area contributed by atoms with Crippen molar-refractivity contribution < 1.29 is 28.5 Å². The Hall–Kier alpha value is -3.56. The summed E-state index contributed by atoms with van der Waals surface area (Å²) >= 11 is 0. The molecular formula is C47H68O6. The first-order valence-corrected chi connectivity index (χ1v) is 21.0. The highest BCUT2D eigenvalue weighted by Gasteiger charge is 2.22. The summed E-state index contributed by atoms with van der Waals surface area (Å²) in [6.07, 6.45) is 29.9. The minimum absolute atomic E-state index is 0.327. The van der Waals surface area contributed by atoms with Gasteiger partial charge in [-0.2, -0.15) is 0 Å².